The Kier molecular flexibility index (Phi) is 4.56. The van der Waals surface area contributed by atoms with E-state index in [0.29, 0.717) is 23.6 Å². The molecule has 0 bridgehead atoms. The Hall–Kier alpha value is -2.33. The van der Waals surface area contributed by atoms with Gasteiger partial charge in [0.15, 0.2) is 0 Å². The molecule has 0 aliphatic heterocycles. The summed E-state index contributed by atoms with van der Waals surface area (Å²) in [5, 5.41) is 6.30. The van der Waals surface area contributed by atoms with Crippen molar-refractivity contribution in [1.82, 2.24) is 0 Å². The van der Waals surface area contributed by atoms with E-state index in [9.17, 15) is 9.59 Å². The van der Waals surface area contributed by atoms with E-state index >= 15 is 0 Å². The molecule has 1 saturated carbocycles. The minimum atomic E-state index is -0.994. The molecule has 2 N–H and O–H groups in total. The minimum absolute atomic E-state index is 0.255. The third kappa shape index (κ3) is 3.69. The van der Waals surface area contributed by atoms with Gasteiger partial charge in [0, 0.05) is 16.4 Å². The van der Waals surface area contributed by atoms with Gasteiger partial charge in [-0.25, -0.2) is 0 Å². The van der Waals surface area contributed by atoms with Gasteiger partial charge < -0.3 is 10.6 Å². The first-order valence-corrected chi connectivity index (χ1v) is 8.65. The third-order valence-corrected chi connectivity index (χ3v) is 4.78. The first-order chi connectivity index (χ1) is 11.8. The molecule has 0 atom stereocenters. The van der Waals surface area contributed by atoms with Crippen molar-refractivity contribution in [2.45, 2.75) is 33.6 Å². The van der Waals surface area contributed by atoms with Gasteiger partial charge in [-0.1, -0.05) is 23.7 Å². The van der Waals surface area contributed by atoms with Crippen molar-refractivity contribution >= 4 is 34.8 Å². The van der Waals surface area contributed by atoms with Crippen LogP contribution in [0.3, 0.4) is 0 Å². The molecule has 2 amide bonds. The first-order valence-electron chi connectivity index (χ1n) is 8.27. The molecule has 2 aromatic rings. The molecule has 1 aliphatic rings. The lowest BCUT2D eigenvalue weighted by Crippen LogP contribution is -2.35. The fraction of sp³-hybridized carbons (Fsp3) is 0.300. The summed E-state index contributed by atoms with van der Waals surface area (Å²) in [5.41, 5.74) is 3.41. The quantitative estimate of drug-likeness (QED) is 0.785. The van der Waals surface area contributed by atoms with Crippen molar-refractivity contribution in [2.75, 3.05) is 10.6 Å². The van der Waals surface area contributed by atoms with E-state index < -0.39 is 5.41 Å². The zero-order valence-electron chi connectivity index (χ0n) is 14.6. The summed E-state index contributed by atoms with van der Waals surface area (Å²) in [5.74, 6) is -0.533. The second-order valence-electron chi connectivity index (χ2n) is 6.83. The Morgan fingerprint density at radius 2 is 1.52 bits per heavy atom. The molecule has 0 aromatic heterocycles. The number of carbonyl (C=O) groups is 2. The summed E-state index contributed by atoms with van der Waals surface area (Å²) in [6.45, 7) is 5.84. The standard InChI is InChI=1S/C20H21ClN2O2/c1-12-8-13(2)10-16(9-12)22-18(24)20(6-7-20)19(25)23-17-11-15(21)5-4-14(17)3/h4-5,8-11H,6-7H2,1-3H3,(H,22,24)(H,23,25). The number of hydrogen-bond acceptors (Lipinski definition) is 2. The van der Waals surface area contributed by atoms with Gasteiger partial charge in [-0.05, 0) is 74.6 Å². The number of rotatable bonds is 4. The van der Waals surface area contributed by atoms with E-state index in [0.717, 1.165) is 22.4 Å². The molecule has 5 heteroatoms. The number of anilines is 2. The first kappa shape index (κ1) is 17.5. The maximum Gasteiger partial charge on any atom is 0.240 e. The highest BCUT2D eigenvalue weighted by Gasteiger charge is 2.56. The molecule has 130 valence electrons. The van der Waals surface area contributed by atoms with Gasteiger partial charge in [0.1, 0.15) is 5.41 Å². The van der Waals surface area contributed by atoms with Crippen LogP contribution in [0.25, 0.3) is 0 Å². The van der Waals surface area contributed by atoms with Crippen molar-refractivity contribution in [3.8, 4) is 0 Å². The van der Waals surface area contributed by atoms with E-state index in [1.165, 1.54) is 0 Å². The van der Waals surface area contributed by atoms with Gasteiger partial charge in [0.05, 0.1) is 0 Å². The van der Waals surface area contributed by atoms with Gasteiger partial charge in [-0.15, -0.1) is 0 Å². The number of hydrogen-bond donors (Lipinski definition) is 2. The molecule has 0 spiro atoms. The van der Waals surface area contributed by atoms with Crippen molar-refractivity contribution in [1.29, 1.82) is 0 Å². The predicted octanol–water partition coefficient (Wildman–Crippen LogP) is 4.62. The van der Waals surface area contributed by atoms with E-state index in [1.54, 1.807) is 12.1 Å². The van der Waals surface area contributed by atoms with Crippen LogP contribution < -0.4 is 10.6 Å². The van der Waals surface area contributed by atoms with Crippen LogP contribution in [0.5, 0.6) is 0 Å². The Bertz CT molecular complexity index is 837. The number of benzene rings is 2. The van der Waals surface area contributed by atoms with Gasteiger partial charge in [0.2, 0.25) is 11.8 Å². The lowest BCUT2D eigenvalue weighted by atomic mass is 10.0. The van der Waals surface area contributed by atoms with E-state index in [4.69, 9.17) is 11.6 Å². The number of halogens is 1. The molecule has 3 rings (SSSR count). The highest BCUT2D eigenvalue weighted by atomic mass is 35.5. The zero-order valence-corrected chi connectivity index (χ0v) is 15.3. The van der Waals surface area contributed by atoms with Crippen LogP contribution in [-0.4, -0.2) is 11.8 Å². The molecule has 2 aromatic carbocycles. The van der Waals surface area contributed by atoms with Gasteiger partial charge in [-0.3, -0.25) is 9.59 Å². The highest BCUT2D eigenvalue weighted by Crippen LogP contribution is 2.47. The van der Waals surface area contributed by atoms with Crippen LogP contribution in [0.15, 0.2) is 36.4 Å². The second-order valence-corrected chi connectivity index (χ2v) is 7.26. The zero-order chi connectivity index (χ0) is 18.2. The fourth-order valence-electron chi connectivity index (χ4n) is 2.95. The van der Waals surface area contributed by atoms with Crippen LogP contribution in [-0.2, 0) is 9.59 Å². The monoisotopic (exact) mass is 356 g/mol. The second kappa shape index (κ2) is 6.52. The average molecular weight is 357 g/mol. The van der Waals surface area contributed by atoms with Crippen LogP contribution in [0, 0.1) is 26.2 Å². The largest absolute Gasteiger partial charge is 0.325 e. The Morgan fingerprint density at radius 3 is 2.12 bits per heavy atom. The SMILES string of the molecule is Cc1cc(C)cc(NC(=O)C2(C(=O)Nc3cc(Cl)ccc3C)CC2)c1. The molecule has 25 heavy (non-hydrogen) atoms. The smallest absolute Gasteiger partial charge is 0.240 e. The third-order valence-electron chi connectivity index (χ3n) is 4.55. The molecule has 0 heterocycles. The van der Waals surface area contributed by atoms with Gasteiger partial charge in [0.25, 0.3) is 0 Å². The molecule has 4 nitrogen and oxygen atoms in total. The van der Waals surface area contributed by atoms with Crippen LogP contribution in [0.2, 0.25) is 5.02 Å². The van der Waals surface area contributed by atoms with Crippen LogP contribution in [0.4, 0.5) is 11.4 Å². The molecule has 1 fully saturated rings. The molecular formula is C20H21ClN2O2. The highest BCUT2D eigenvalue weighted by molar-refractivity contribution is 6.31. The van der Waals surface area contributed by atoms with Crippen molar-refractivity contribution in [2.24, 2.45) is 5.41 Å². The van der Waals surface area contributed by atoms with Crippen molar-refractivity contribution < 1.29 is 9.59 Å². The topological polar surface area (TPSA) is 58.2 Å². The van der Waals surface area contributed by atoms with Crippen LogP contribution >= 0.6 is 11.6 Å². The summed E-state index contributed by atoms with van der Waals surface area (Å²) in [6, 6.07) is 11.2. The number of nitrogens with one attached hydrogen (secondary N) is 2. The minimum Gasteiger partial charge on any atom is -0.325 e. The predicted molar refractivity (Wildman–Crippen MR) is 101 cm³/mol. The molecular weight excluding hydrogens is 336 g/mol. The summed E-state index contributed by atoms with van der Waals surface area (Å²) in [7, 11) is 0. The van der Waals surface area contributed by atoms with E-state index in [1.807, 2.05) is 45.0 Å². The van der Waals surface area contributed by atoms with E-state index in [2.05, 4.69) is 10.6 Å². The molecule has 0 radical (unpaired) electrons. The number of aryl methyl sites for hydroxylation is 3. The lowest BCUT2D eigenvalue weighted by Gasteiger charge is -2.17. The lowest BCUT2D eigenvalue weighted by molar-refractivity contribution is -0.131. The summed E-state index contributed by atoms with van der Waals surface area (Å²) in [6.07, 6.45) is 1.10. The van der Waals surface area contributed by atoms with Gasteiger partial charge >= 0.3 is 0 Å². The Balaban J connectivity index is 1.75. The normalized spacial score (nSPS) is 14.7. The van der Waals surface area contributed by atoms with Gasteiger partial charge in [-0.2, -0.15) is 0 Å². The maximum absolute atomic E-state index is 12.7. The summed E-state index contributed by atoms with van der Waals surface area (Å²) in [4.78, 5) is 25.4. The maximum atomic E-state index is 12.7. The Morgan fingerprint density at radius 1 is 0.920 bits per heavy atom. The fourth-order valence-corrected chi connectivity index (χ4v) is 3.12. The summed E-state index contributed by atoms with van der Waals surface area (Å²) >= 11 is 6.00. The average Bonchev–Trinajstić information content (AvgIpc) is 3.31. The molecule has 0 unspecified atom stereocenters. The van der Waals surface area contributed by atoms with Crippen molar-refractivity contribution in [3.05, 3.63) is 58.1 Å². The summed E-state index contributed by atoms with van der Waals surface area (Å²) < 4.78 is 0. The molecule has 1 aliphatic carbocycles. The Labute approximate surface area is 152 Å². The number of carbonyl (C=O) groups excluding carboxylic acids is 2. The number of amides is 2. The molecule has 0 saturated heterocycles. The van der Waals surface area contributed by atoms with Crippen LogP contribution in [0.1, 0.15) is 29.5 Å². The van der Waals surface area contributed by atoms with E-state index in [-0.39, 0.29) is 11.8 Å². The van der Waals surface area contributed by atoms with Crippen molar-refractivity contribution in [3.63, 3.8) is 0 Å².